The summed E-state index contributed by atoms with van der Waals surface area (Å²) < 4.78 is 0. The number of rotatable bonds is 0. The van der Waals surface area contributed by atoms with Gasteiger partial charge in [-0.05, 0) is 24.3 Å². The number of carbonyl (C=O) groups is 2. The molecule has 0 radical (unpaired) electrons. The maximum atomic E-state index is 10.3. The lowest BCUT2D eigenvalue weighted by molar-refractivity contribution is -0.113. The van der Waals surface area contributed by atoms with Crippen molar-refractivity contribution in [1.29, 1.82) is 0 Å². The molecule has 1 rings (SSSR count). The summed E-state index contributed by atoms with van der Waals surface area (Å²) in [7, 11) is 0. The van der Waals surface area contributed by atoms with E-state index in [0.29, 0.717) is 0 Å². The van der Waals surface area contributed by atoms with E-state index in [9.17, 15) is 9.59 Å². The molecule has 8 heavy (non-hydrogen) atoms. The molecule has 0 aromatic rings. The first-order valence-corrected chi connectivity index (χ1v) is 2.23. The van der Waals surface area contributed by atoms with E-state index >= 15 is 0 Å². The van der Waals surface area contributed by atoms with Gasteiger partial charge < -0.3 is 0 Å². The van der Waals surface area contributed by atoms with Gasteiger partial charge in [-0.2, -0.15) is 0 Å². The zero-order valence-electron chi connectivity index (χ0n) is 4.13. The molecule has 0 saturated heterocycles. The van der Waals surface area contributed by atoms with Crippen LogP contribution < -0.4 is 0 Å². The van der Waals surface area contributed by atoms with Crippen molar-refractivity contribution in [3.05, 3.63) is 24.3 Å². The van der Waals surface area contributed by atoms with Crippen molar-refractivity contribution >= 4 is 11.6 Å². The molecule has 0 amide bonds. The molecule has 0 fully saturated rings. The van der Waals surface area contributed by atoms with Gasteiger partial charge in [0, 0.05) is 0 Å². The Morgan fingerprint density at radius 2 is 1.00 bits per heavy atom. The molecule has 0 aliphatic heterocycles. The van der Waals surface area contributed by atoms with E-state index in [4.69, 9.17) is 0 Å². The van der Waals surface area contributed by atoms with Crippen LogP contribution in [0.25, 0.3) is 0 Å². The SMILES string of the molecule is O=[13C]1[13CH]=[13CH][13C](=O)[13CH]=[13CH]1. The van der Waals surface area contributed by atoms with Crippen LogP contribution in [0.5, 0.6) is 0 Å². The summed E-state index contributed by atoms with van der Waals surface area (Å²) in [6.45, 7) is 0. The molecule has 0 saturated carbocycles. The van der Waals surface area contributed by atoms with Crippen LogP contribution in [0.4, 0.5) is 0 Å². The second-order valence-electron chi connectivity index (χ2n) is 1.47. The number of ketones is 2. The van der Waals surface area contributed by atoms with Gasteiger partial charge in [0.1, 0.15) is 0 Å². The molecule has 40 valence electrons. The lowest BCUT2D eigenvalue weighted by Gasteiger charge is -1.87. The molecule has 0 aromatic heterocycles. The van der Waals surface area contributed by atoms with E-state index in [1.165, 1.54) is 24.3 Å². The van der Waals surface area contributed by atoms with Crippen LogP contribution in [0.1, 0.15) is 0 Å². The molecule has 0 aromatic carbocycles. The van der Waals surface area contributed by atoms with E-state index < -0.39 is 0 Å². The Morgan fingerprint density at radius 3 is 1.25 bits per heavy atom. The summed E-state index contributed by atoms with van der Waals surface area (Å²) in [6, 6.07) is 0. The molecular formula is C6H4O2. The first-order chi connectivity index (χ1) is 3.79. The summed E-state index contributed by atoms with van der Waals surface area (Å²) in [4.78, 5) is 20.6. The summed E-state index contributed by atoms with van der Waals surface area (Å²) in [5.41, 5.74) is 0. The van der Waals surface area contributed by atoms with Crippen LogP contribution in [-0.4, -0.2) is 11.6 Å². The van der Waals surface area contributed by atoms with E-state index in [-0.39, 0.29) is 11.6 Å². The molecule has 0 unspecified atom stereocenters. The lowest BCUT2D eigenvalue weighted by atomic mass is 11.2. The highest BCUT2D eigenvalue weighted by Crippen LogP contribution is 1.90. The third-order valence-corrected chi connectivity index (χ3v) is 0.824. The monoisotopic (exact) mass is 114 g/mol. The standard InChI is InChI=1S/C6H4O2/c7-5-1-2-6(8)4-3-5/h1-4H/i1+1,2+1,3+1,4+1,5+1,6+1. The van der Waals surface area contributed by atoms with Crippen LogP contribution >= 0.6 is 0 Å². The van der Waals surface area contributed by atoms with Gasteiger partial charge in [-0.15, -0.1) is 0 Å². The fourth-order valence-corrected chi connectivity index (χ4v) is 0.440. The van der Waals surface area contributed by atoms with Crippen molar-refractivity contribution < 1.29 is 9.59 Å². The molecule has 0 N–H and O–H groups in total. The highest BCUT2D eigenvalue weighted by molar-refractivity contribution is 6.14. The van der Waals surface area contributed by atoms with Gasteiger partial charge in [-0.25, -0.2) is 0 Å². The van der Waals surface area contributed by atoms with E-state index in [1.807, 2.05) is 0 Å². The molecule has 0 atom stereocenters. The van der Waals surface area contributed by atoms with Gasteiger partial charge in [0.15, 0.2) is 11.6 Å². The maximum absolute atomic E-state index is 10.3. The second-order valence-corrected chi connectivity index (χ2v) is 1.47. The lowest BCUT2D eigenvalue weighted by Crippen LogP contribution is -1.97. The normalized spacial score (nSPS) is 17.5. The number of carbonyl (C=O) groups excluding carboxylic acids is 2. The Hall–Kier alpha value is -1.18. The molecule has 2 heteroatoms. The number of hydrogen-bond acceptors (Lipinski definition) is 2. The van der Waals surface area contributed by atoms with Gasteiger partial charge in [-0.1, -0.05) is 0 Å². The fraction of sp³-hybridized carbons (Fsp3) is 0. The van der Waals surface area contributed by atoms with Crippen molar-refractivity contribution in [1.82, 2.24) is 0 Å². The third kappa shape index (κ3) is 0.904. The van der Waals surface area contributed by atoms with Crippen molar-refractivity contribution in [2.24, 2.45) is 0 Å². The van der Waals surface area contributed by atoms with Gasteiger partial charge in [0.25, 0.3) is 0 Å². The summed E-state index contributed by atoms with van der Waals surface area (Å²) >= 11 is 0. The van der Waals surface area contributed by atoms with Crippen LogP contribution in [0, 0.1) is 0 Å². The minimum atomic E-state index is -0.121. The zero-order valence-corrected chi connectivity index (χ0v) is 4.13. The summed E-state index contributed by atoms with van der Waals surface area (Å²) in [6.07, 6.45) is 5.01. The Morgan fingerprint density at radius 1 is 0.750 bits per heavy atom. The molecule has 0 heterocycles. The Labute approximate surface area is 46.5 Å². The molecule has 2 nitrogen and oxygen atoms in total. The molecule has 1 aliphatic rings. The predicted octanol–water partition coefficient (Wildman–Crippen LogP) is 0.251. The Kier molecular flexibility index (Phi) is 1.08. The first-order valence-electron chi connectivity index (χ1n) is 2.23. The van der Waals surface area contributed by atoms with Gasteiger partial charge >= 0.3 is 0 Å². The Balaban J connectivity index is 2.83. The minimum Gasteiger partial charge on any atom is -0.290 e. The zero-order chi connectivity index (χ0) is 5.98. The van der Waals surface area contributed by atoms with E-state index in [1.54, 1.807) is 0 Å². The second kappa shape index (κ2) is 1.74. The topological polar surface area (TPSA) is 34.1 Å². The van der Waals surface area contributed by atoms with Crippen LogP contribution in [0.3, 0.4) is 0 Å². The van der Waals surface area contributed by atoms with Crippen molar-refractivity contribution in [3.8, 4) is 0 Å². The van der Waals surface area contributed by atoms with Crippen LogP contribution in [0.15, 0.2) is 24.3 Å². The third-order valence-electron chi connectivity index (χ3n) is 0.824. The van der Waals surface area contributed by atoms with E-state index in [2.05, 4.69) is 0 Å². The van der Waals surface area contributed by atoms with Crippen LogP contribution in [-0.2, 0) is 9.59 Å². The molecule has 1 aliphatic carbocycles. The van der Waals surface area contributed by atoms with Gasteiger partial charge in [-0.3, -0.25) is 9.59 Å². The predicted molar refractivity (Wildman–Crippen MR) is 28.3 cm³/mol. The molecule has 0 bridgehead atoms. The summed E-state index contributed by atoms with van der Waals surface area (Å²) in [5.74, 6) is -0.241. The maximum Gasteiger partial charge on any atom is 0.178 e. The minimum absolute atomic E-state index is 0.121. The fourth-order valence-electron chi connectivity index (χ4n) is 0.440. The molecular weight excluding hydrogens is 110 g/mol. The highest BCUT2D eigenvalue weighted by Gasteiger charge is 1.97. The number of allylic oxidation sites excluding steroid dienone is 4. The van der Waals surface area contributed by atoms with Crippen molar-refractivity contribution in [3.63, 3.8) is 0 Å². The average Bonchev–Trinajstić information content (AvgIpc) is 1.77. The smallest absolute Gasteiger partial charge is 0.178 e. The van der Waals surface area contributed by atoms with Crippen LogP contribution in [0.2, 0.25) is 0 Å². The number of hydrogen-bond donors (Lipinski definition) is 0. The largest absolute Gasteiger partial charge is 0.290 e. The van der Waals surface area contributed by atoms with Crippen molar-refractivity contribution in [2.75, 3.05) is 0 Å². The molecule has 0 spiro atoms. The Bertz CT molecular complexity index is 149. The summed E-state index contributed by atoms with van der Waals surface area (Å²) in [5, 5.41) is 0. The highest BCUT2D eigenvalue weighted by atomic mass is 16.2. The van der Waals surface area contributed by atoms with E-state index in [0.717, 1.165) is 0 Å². The quantitative estimate of drug-likeness (QED) is 0.334. The average molecular weight is 114 g/mol. The van der Waals surface area contributed by atoms with Gasteiger partial charge in [0.2, 0.25) is 0 Å². The first kappa shape index (κ1) is 4.97. The van der Waals surface area contributed by atoms with Crippen molar-refractivity contribution in [2.45, 2.75) is 0 Å². The van der Waals surface area contributed by atoms with Gasteiger partial charge in [0.05, 0.1) is 0 Å².